The fourth-order valence-corrected chi connectivity index (χ4v) is 2.77. The number of aliphatic hydroxyl groups is 1. The smallest absolute Gasteiger partial charge is 0.435 e. The minimum atomic E-state index is -4.53. The highest BCUT2D eigenvalue weighted by molar-refractivity contribution is 6.30. The number of aliphatic hydroxyl groups excluding tert-OH is 1. The molecule has 0 aliphatic rings. The van der Waals surface area contributed by atoms with E-state index < -0.39 is 11.9 Å². The molecule has 0 aliphatic heterocycles. The van der Waals surface area contributed by atoms with Gasteiger partial charge in [-0.3, -0.25) is 4.68 Å². The topological polar surface area (TPSA) is 47.3 Å². The average Bonchev–Trinajstić information content (AvgIpc) is 3.03. The van der Waals surface area contributed by atoms with E-state index in [1.54, 1.807) is 30.3 Å². The number of benzene rings is 2. The Labute approximate surface area is 158 Å². The minimum absolute atomic E-state index is 0.260. The van der Waals surface area contributed by atoms with Gasteiger partial charge in [-0.05, 0) is 47.5 Å². The fraction of sp³-hybridized carbons (Fsp3) is 0.211. The van der Waals surface area contributed by atoms with Gasteiger partial charge in [0, 0.05) is 17.6 Å². The molecule has 0 bridgehead atoms. The maximum atomic E-state index is 12.9. The maximum absolute atomic E-state index is 12.9. The van der Waals surface area contributed by atoms with Crippen LogP contribution in [0, 0.1) is 0 Å². The highest BCUT2D eigenvalue weighted by atomic mass is 35.5. The van der Waals surface area contributed by atoms with Crippen molar-refractivity contribution in [2.24, 2.45) is 7.05 Å². The van der Waals surface area contributed by atoms with Gasteiger partial charge >= 0.3 is 6.18 Å². The zero-order valence-corrected chi connectivity index (χ0v) is 15.1. The average molecular weight is 397 g/mol. The molecule has 1 heterocycles. The number of rotatable bonds is 5. The van der Waals surface area contributed by atoms with Crippen molar-refractivity contribution in [1.29, 1.82) is 0 Å². The molecule has 4 nitrogen and oxygen atoms in total. The first kappa shape index (κ1) is 19.3. The van der Waals surface area contributed by atoms with E-state index in [1.807, 2.05) is 12.1 Å². The standard InChI is InChI=1S/C19H16ClF3N2O2/c1-25-17(9-18(24-25)19(21,22)23)16-7-6-15(8-13(16)10-26)27-11-12-2-4-14(20)5-3-12/h2-9,26H,10-11H2,1H3. The van der Waals surface area contributed by atoms with Crippen molar-refractivity contribution in [2.75, 3.05) is 0 Å². The molecule has 8 heteroatoms. The summed E-state index contributed by atoms with van der Waals surface area (Å²) in [5.41, 5.74) is 1.10. The summed E-state index contributed by atoms with van der Waals surface area (Å²) in [6, 6.07) is 13.0. The Kier molecular flexibility index (Phi) is 5.43. The second-order valence-electron chi connectivity index (χ2n) is 5.93. The van der Waals surface area contributed by atoms with Crippen LogP contribution in [0.1, 0.15) is 16.8 Å². The van der Waals surface area contributed by atoms with Crippen LogP contribution in [0.3, 0.4) is 0 Å². The molecule has 0 fully saturated rings. The summed E-state index contributed by atoms with van der Waals surface area (Å²) in [6.07, 6.45) is -4.53. The molecule has 0 radical (unpaired) electrons. The van der Waals surface area contributed by atoms with E-state index >= 15 is 0 Å². The molecule has 0 unspecified atom stereocenters. The Morgan fingerprint density at radius 3 is 2.41 bits per heavy atom. The lowest BCUT2D eigenvalue weighted by molar-refractivity contribution is -0.141. The van der Waals surface area contributed by atoms with Gasteiger partial charge in [-0.25, -0.2) is 0 Å². The number of aryl methyl sites for hydroxylation is 1. The number of hydrogen-bond acceptors (Lipinski definition) is 3. The summed E-state index contributed by atoms with van der Waals surface area (Å²) < 4.78 is 45.5. The summed E-state index contributed by atoms with van der Waals surface area (Å²) >= 11 is 5.84. The van der Waals surface area contributed by atoms with Crippen LogP contribution in [-0.2, 0) is 26.4 Å². The molecule has 0 aliphatic carbocycles. The van der Waals surface area contributed by atoms with Crippen LogP contribution in [0.15, 0.2) is 48.5 Å². The molecule has 1 aromatic heterocycles. The lowest BCUT2D eigenvalue weighted by Gasteiger charge is -2.12. The van der Waals surface area contributed by atoms with E-state index in [-0.39, 0.29) is 12.3 Å². The number of aromatic nitrogens is 2. The first-order chi connectivity index (χ1) is 12.8. The first-order valence-electron chi connectivity index (χ1n) is 8.00. The molecular weight excluding hydrogens is 381 g/mol. The van der Waals surface area contributed by atoms with Crippen LogP contribution in [0.4, 0.5) is 13.2 Å². The lowest BCUT2D eigenvalue weighted by atomic mass is 10.0. The van der Waals surface area contributed by atoms with Gasteiger partial charge < -0.3 is 9.84 Å². The van der Waals surface area contributed by atoms with E-state index in [9.17, 15) is 18.3 Å². The summed E-state index contributed by atoms with van der Waals surface area (Å²) in [5.74, 6) is 0.496. The van der Waals surface area contributed by atoms with Crippen molar-refractivity contribution in [1.82, 2.24) is 9.78 Å². The van der Waals surface area contributed by atoms with Gasteiger partial charge in [-0.2, -0.15) is 18.3 Å². The van der Waals surface area contributed by atoms with Crippen LogP contribution in [-0.4, -0.2) is 14.9 Å². The Bertz CT molecular complexity index is 937. The first-order valence-corrected chi connectivity index (χ1v) is 8.38. The van der Waals surface area contributed by atoms with Gasteiger partial charge in [0.15, 0.2) is 5.69 Å². The Balaban J connectivity index is 1.84. The third-order valence-electron chi connectivity index (χ3n) is 4.01. The zero-order chi connectivity index (χ0) is 19.6. The summed E-state index contributed by atoms with van der Waals surface area (Å²) in [7, 11) is 1.43. The van der Waals surface area contributed by atoms with E-state index in [0.717, 1.165) is 16.3 Å². The number of hydrogen-bond donors (Lipinski definition) is 1. The zero-order valence-electron chi connectivity index (χ0n) is 14.3. The third-order valence-corrected chi connectivity index (χ3v) is 4.26. The molecule has 142 valence electrons. The van der Waals surface area contributed by atoms with Gasteiger partial charge in [0.1, 0.15) is 12.4 Å². The molecular formula is C19H16ClF3N2O2. The summed E-state index contributed by atoms with van der Waals surface area (Å²) in [5, 5.41) is 13.8. The molecule has 3 aromatic rings. The van der Waals surface area contributed by atoms with E-state index in [2.05, 4.69) is 5.10 Å². The van der Waals surface area contributed by atoms with Crippen LogP contribution >= 0.6 is 11.6 Å². The summed E-state index contributed by atoms with van der Waals surface area (Å²) in [6.45, 7) is -0.0503. The normalized spacial score (nSPS) is 11.6. The van der Waals surface area contributed by atoms with Gasteiger partial charge in [-0.15, -0.1) is 0 Å². The SMILES string of the molecule is Cn1nc(C(F)(F)F)cc1-c1ccc(OCc2ccc(Cl)cc2)cc1CO. The van der Waals surface area contributed by atoms with Crippen LogP contribution in [0.5, 0.6) is 5.75 Å². The second kappa shape index (κ2) is 7.62. The van der Waals surface area contributed by atoms with Crippen molar-refractivity contribution < 1.29 is 23.0 Å². The summed E-state index contributed by atoms with van der Waals surface area (Å²) in [4.78, 5) is 0. The largest absolute Gasteiger partial charge is 0.489 e. The molecule has 0 spiro atoms. The Hall–Kier alpha value is -2.51. The molecule has 0 atom stereocenters. The van der Waals surface area contributed by atoms with Gasteiger partial charge in [0.2, 0.25) is 0 Å². The second-order valence-corrected chi connectivity index (χ2v) is 6.36. The molecule has 0 amide bonds. The van der Waals surface area contributed by atoms with E-state index in [4.69, 9.17) is 16.3 Å². The Morgan fingerprint density at radius 1 is 1.11 bits per heavy atom. The molecule has 1 N–H and O–H groups in total. The molecule has 27 heavy (non-hydrogen) atoms. The van der Waals surface area contributed by atoms with Gasteiger partial charge in [0.25, 0.3) is 0 Å². The number of halogens is 4. The van der Waals surface area contributed by atoms with Crippen LogP contribution < -0.4 is 4.74 Å². The molecule has 3 rings (SSSR count). The maximum Gasteiger partial charge on any atom is 0.435 e. The quantitative estimate of drug-likeness (QED) is 0.672. The van der Waals surface area contributed by atoms with Crippen molar-refractivity contribution in [2.45, 2.75) is 19.4 Å². The lowest BCUT2D eigenvalue weighted by Crippen LogP contribution is -2.06. The van der Waals surface area contributed by atoms with Crippen molar-refractivity contribution in [3.63, 3.8) is 0 Å². The van der Waals surface area contributed by atoms with Crippen LogP contribution in [0.2, 0.25) is 5.02 Å². The van der Waals surface area contributed by atoms with Gasteiger partial charge in [0.05, 0.1) is 12.3 Å². The van der Waals surface area contributed by atoms with Gasteiger partial charge in [-0.1, -0.05) is 23.7 Å². The van der Waals surface area contributed by atoms with Crippen molar-refractivity contribution in [3.05, 3.63) is 70.4 Å². The third kappa shape index (κ3) is 4.43. The predicted molar refractivity (Wildman–Crippen MR) is 95.4 cm³/mol. The molecule has 2 aromatic carbocycles. The monoisotopic (exact) mass is 396 g/mol. The van der Waals surface area contributed by atoms with Crippen molar-refractivity contribution >= 4 is 11.6 Å². The fourth-order valence-electron chi connectivity index (χ4n) is 2.65. The van der Waals surface area contributed by atoms with E-state index in [0.29, 0.717) is 28.5 Å². The van der Waals surface area contributed by atoms with E-state index in [1.165, 1.54) is 7.05 Å². The predicted octanol–water partition coefficient (Wildman–Crippen LogP) is 4.83. The van der Waals surface area contributed by atoms with Crippen molar-refractivity contribution in [3.8, 4) is 17.0 Å². The number of ether oxygens (including phenoxy) is 1. The van der Waals surface area contributed by atoms with Crippen LogP contribution in [0.25, 0.3) is 11.3 Å². The number of nitrogens with zero attached hydrogens (tertiary/aromatic N) is 2. The molecule has 0 saturated heterocycles. The highest BCUT2D eigenvalue weighted by Crippen LogP contribution is 2.33. The molecule has 0 saturated carbocycles. The highest BCUT2D eigenvalue weighted by Gasteiger charge is 2.34. The minimum Gasteiger partial charge on any atom is -0.489 e. The number of alkyl halides is 3. The Morgan fingerprint density at radius 2 is 1.81 bits per heavy atom.